The summed E-state index contributed by atoms with van der Waals surface area (Å²) in [5, 5.41) is 0. The standard InChI is InChI=1S/C20H20N2O3/c21-18-12-17(18)14-3-1-13(2-4-14)11-19(23)15-5-7-16(8-6-15)22-9-10-25-20(22)24/h1-8,17-18H,9-12,21H2/t17-,18+/m0/s1. The molecule has 2 aliphatic rings. The minimum Gasteiger partial charge on any atom is -0.447 e. The summed E-state index contributed by atoms with van der Waals surface area (Å²) in [7, 11) is 0. The van der Waals surface area contributed by atoms with E-state index in [4.69, 9.17) is 10.5 Å². The summed E-state index contributed by atoms with van der Waals surface area (Å²) in [6, 6.07) is 15.6. The number of ether oxygens (including phenoxy) is 1. The van der Waals surface area contributed by atoms with E-state index in [1.807, 2.05) is 12.1 Å². The maximum Gasteiger partial charge on any atom is 0.414 e. The first-order valence-electron chi connectivity index (χ1n) is 8.54. The number of nitrogens with two attached hydrogens (primary N) is 1. The molecule has 4 rings (SSSR count). The van der Waals surface area contributed by atoms with Gasteiger partial charge in [-0.15, -0.1) is 0 Å². The minimum atomic E-state index is -0.338. The molecule has 2 aromatic carbocycles. The molecule has 2 N–H and O–H groups in total. The van der Waals surface area contributed by atoms with Crippen LogP contribution in [0.5, 0.6) is 0 Å². The van der Waals surface area contributed by atoms with E-state index in [2.05, 4.69) is 12.1 Å². The first kappa shape index (κ1) is 15.8. The lowest BCUT2D eigenvalue weighted by Gasteiger charge is -2.12. The fourth-order valence-electron chi connectivity index (χ4n) is 3.22. The van der Waals surface area contributed by atoms with E-state index in [0.29, 0.717) is 37.1 Å². The van der Waals surface area contributed by atoms with Crippen LogP contribution in [0.15, 0.2) is 48.5 Å². The molecule has 1 aliphatic carbocycles. The van der Waals surface area contributed by atoms with E-state index in [0.717, 1.165) is 17.7 Å². The van der Waals surface area contributed by atoms with Crippen molar-refractivity contribution in [2.75, 3.05) is 18.1 Å². The molecule has 0 aromatic heterocycles. The highest BCUT2D eigenvalue weighted by atomic mass is 16.6. The maximum absolute atomic E-state index is 12.5. The molecule has 1 amide bonds. The third kappa shape index (κ3) is 3.28. The number of amides is 1. The summed E-state index contributed by atoms with van der Waals surface area (Å²) in [6.07, 6.45) is 1.08. The van der Waals surface area contributed by atoms with Gasteiger partial charge in [0.15, 0.2) is 5.78 Å². The number of carbonyl (C=O) groups excluding carboxylic acids is 2. The number of hydrogen-bond acceptors (Lipinski definition) is 4. The second kappa shape index (κ2) is 6.33. The Morgan fingerprint density at radius 3 is 2.36 bits per heavy atom. The van der Waals surface area contributed by atoms with Gasteiger partial charge in [-0.2, -0.15) is 0 Å². The molecule has 2 atom stereocenters. The lowest BCUT2D eigenvalue weighted by atomic mass is 10.0. The summed E-state index contributed by atoms with van der Waals surface area (Å²) in [5.41, 5.74) is 9.52. The molecule has 1 saturated carbocycles. The molecule has 0 bridgehead atoms. The van der Waals surface area contributed by atoms with Crippen LogP contribution in [0.1, 0.15) is 33.8 Å². The van der Waals surface area contributed by atoms with E-state index in [-0.39, 0.29) is 11.9 Å². The molecule has 2 aromatic rings. The largest absolute Gasteiger partial charge is 0.447 e. The Morgan fingerprint density at radius 2 is 1.80 bits per heavy atom. The third-order valence-electron chi connectivity index (χ3n) is 4.87. The lowest BCUT2D eigenvalue weighted by molar-refractivity contribution is 0.0993. The summed E-state index contributed by atoms with van der Waals surface area (Å²) in [4.78, 5) is 25.6. The van der Waals surface area contributed by atoms with Gasteiger partial charge in [-0.05, 0) is 41.8 Å². The zero-order valence-electron chi connectivity index (χ0n) is 13.9. The monoisotopic (exact) mass is 336 g/mol. The quantitative estimate of drug-likeness (QED) is 0.852. The van der Waals surface area contributed by atoms with E-state index in [1.54, 1.807) is 29.2 Å². The van der Waals surface area contributed by atoms with Gasteiger partial charge in [0.25, 0.3) is 0 Å². The number of Topliss-reactive ketones (excluding diaryl/α,β-unsaturated/α-hetero) is 1. The molecule has 0 spiro atoms. The SMILES string of the molecule is N[C@@H]1C[C@H]1c1ccc(CC(=O)c2ccc(N3CCOC3=O)cc2)cc1. The number of hydrogen-bond donors (Lipinski definition) is 1. The molecule has 1 heterocycles. The number of cyclic esters (lactones) is 1. The van der Waals surface area contributed by atoms with Crippen molar-refractivity contribution in [1.29, 1.82) is 0 Å². The van der Waals surface area contributed by atoms with Crippen LogP contribution in [0.3, 0.4) is 0 Å². The zero-order valence-corrected chi connectivity index (χ0v) is 13.9. The van der Waals surface area contributed by atoms with Crippen LogP contribution >= 0.6 is 0 Å². The fraction of sp³-hybridized carbons (Fsp3) is 0.300. The normalized spacial score (nSPS) is 22.0. The van der Waals surface area contributed by atoms with Crippen LogP contribution in [-0.4, -0.2) is 31.1 Å². The van der Waals surface area contributed by atoms with E-state index in [1.165, 1.54) is 5.56 Å². The predicted molar refractivity (Wildman–Crippen MR) is 94.9 cm³/mol. The van der Waals surface area contributed by atoms with Gasteiger partial charge in [0.1, 0.15) is 6.61 Å². The van der Waals surface area contributed by atoms with Gasteiger partial charge < -0.3 is 10.5 Å². The van der Waals surface area contributed by atoms with Crippen LogP contribution < -0.4 is 10.6 Å². The summed E-state index contributed by atoms with van der Waals surface area (Å²) in [5.74, 6) is 0.543. The minimum absolute atomic E-state index is 0.0615. The summed E-state index contributed by atoms with van der Waals surface area (Å²) >= 11 is 0. The van der Waals surface area contributed by atoms with Crippen molar-refractivity contribution in [1.82, 2.24) is 0 Å². The van der Waals surface area contributed by atoms with Gasteiger partial charge >= 0.3 is 6.09 Å². The Hall–Kier alpha value is -2.66. The van der Waals surface area contributed by atoms with Gasteiger partial charge in [-0.3, -0.25) is 9.69 Å². The van der Waals surface area contributed by atoms with Crippen molar-refractivity contribution in [3.63, 3.8) is 0 Å². The van der Waals surface area contributed by atoms with Crippen molar-refractivity contribution < 1.29 is 14.3 Å². The number of rotatable bonds is 5. The average Bonchev–Trinajstić information content (AvgIpc) is 3.20. The molecule has 0 unspecified atom stereocenters. The molecule has 0 radical (unpaired) electrons. The molecule has 25 heavy (non-hydrogen) atoms. The molecule has 1 saturated heterocycles. The van der Waals surface area contributed by atoms with Crippen LogP contribution in [0.25, 0.3) is 0 Å². The van der Waals surface area contributed by atoms with Gasteiger partial charge in [0.05, 0.1) is 6.54 Å². The molecule has 1 aliphatic heterocycles. The van der Waals surface area contributed by atoms with Gasteiger partial charge in [-0.25, -0.2) is 4.79 Å². The van der Waals surface area contributed by atoms with Crippen LogP contribution in [-0.2, 0) is 11.2 Å². The van der Waals surface area contributed by atoms with Crippen molar-refractivity contribution in [3.05, 3.63) is 65.2 Å². The fourth-order valence-corrected chi connectivity index (χ4v) is 3.22. The van der Waals surface area contributed by atoms with Gasteiger partial charge in [0, 0.05) is 29.6 Å². The zero-order chi connectivity index (χ0) is 17.4. The summed E-state index contributed by atoms with van der Waals surface area (Å²) in [6.45, 7) is 0.949. The average molecular weight is 336 g/mol. The van der Waals surface area contributed by atoms with E-state index in [9.17, 15) is 9.59 Å². The smallest absolute Gasteiger partial charge is 0.414 e. The number of carbonyl (C=O) groups is 2. The van der Waals surface area contributed by atoms with E-state index < -0.39 is 0 Å². The number of ketones is 1. The van der Waals surface area contributed by atoms with Gasteiger partial charge in [-0.1, -0.05) is 24.3 Å². The highest BCUT2D eigenvalue weighted by Gasteiger charge is 2.34. The predicted octanol–water partition coefficient (Wildman–Crippen LogP) is 2.88. The number of nitrogens with zero attached hydrogens (tertiary/aromatic N) is 1. The Bertz CT molecular complexity index is 799. The van der Waals surface area contributed by atoms with Crippen molar-refractivity contribution >= 4 is 17.6 Å². The number of anilines is 1. The highest BCUT2D eigenvalue weighted by molar-refractivity contribution is 5.98. The Morgan fingerprint density at radius 1 is 1.12 bits per heavy atom. The first-order chi connectivity index (χ1) is 12.1. The van der Waals surface area contributed by atoms with Crippen molar-refractivity contribution in [3.8, 4) is 0 Å². The Balaban J connectivity index is 1.41. The molecular weight excluding hydrogens is 316 g/mol. The lowest BCUT2D eigenvalue weighted by Crippen LogP contribution is -2.23. The van der Waals surface area contributed by atoms with E-state index >= 15 is 0 Å². The molecule has 5 heteroatoms. The van der Waals surface area contributed by atoms with Crippen LogP contribution in [0.4, 0.5) is 10.5 Å². The summed E-state index contributed by atoms with van der Waals surface area (Å²) < 4.78 is 4.93. The van der Waals surface area contributed by atoms with Crippen LogP contribution in [0.2, 0.25) is 0 Å². The van der Waals surface area contributed by atoms with Crippen molar-refractivity contribution in [2.24, 2.45) is 5.73 Å². The van der Waals surface area contributed by atoms with Crippen molar-refractivity contribution in [2.45, 2.75) is 24.8 Å². The molecule has 5 nitrogen and oxygen atoms in total. The third-order valence-corrected chi connectivity index (χ3v) is 4.87. The Kier molecular flexibility index (Phi) is 4.01. The topological polar surface area (TPSA) is 72.6 Å². The Labute approximate surface area is 146 Å². The maximum atomic E-state index is 12.5. The first-order valence-corrected chi connectivity index (χ1v) is 8.54. The second-order valence-electron chi connectivity index (χ2n) is 6.66. The number of benzene rings is 2. The molecular formula is C20H20N2O3. The van der Waals surface area contributed by atoms with Crippen LogP contribution in [0, 0.1) is 0 Å². The molecule has 2 fully saturated rings. The van der Waals surface area contributed by atoms with Gasteiger partial charge in [0.2, 0.25) is 0 Å². The molecule has 128 valence electrons. The second-order valence-corrected chi connectivity index (χ2v) is 6.66. The highest BCUT2D eigenvalue weighted by Crippen LogP contribution is 2.38.